The molecule has 1 N–H and O–H groups in total. The Kier molecular flexibility index (Phi) is 4.52. The minimum atomic E-state index is -0.546. The molecule has 0 saturated carbocycles. The number of rotatable bonds is 4. The van der Waals surface area contributed by atoms with Crippen molar-refractivity contribution in [2.75, 3.05) is 13.1 Å². The summed E-state index contributed by atoms with van der Waals surface area (Å²) in [6.45, 7) is 4.94. The highest BCUT2D eigenvalue weighted by molar-refractivity contribution is 5.26. The van der Waals surface area contributed by atoms with Crippen LogP contribution in [0.15, 0.2) is 24.3 Å². The summed E-state index contributed by atoms with van der Waals surface area (Å²) in [6.07, 6.45) is 2.61. The van der Waals surface area contributed by atoms with Crippen LogP contribution in [-0.4, -0.2) is 22.9 Å². The fourth-order valence-corrected chi connectivity index (χ4v) is 3.13. The molecule has 0 aliphatic carbocycles. The summed E-state index contributed by atoms with van der Waals surface area (Å²) in [5.41, 5.74) is 2.57. The summed E-state index contributed by atoms with van der Waals surface area (Å²) in [5.74, 6) is -0.536. The number of hydrogen-bond donors (Lipinski definition) is 1. The van der Waals surface area contributed by atoms with E-state index in [1.165, 1.54) is 17.8 Å². The van der Waals surface area contributed by atoms with Crippen LogP contribution in [0.3, 0.4) is 0 Å². The second-order valence-corrected chi connectivity index (χ2v) is 5.81. The summed E-state index contributed by atoms with van der Waals surface area (Å²) in [4.78, 5) is 0. The fraction of sp³-hybridized carbons (Fsp3) is 0.471. The van der Waals surface area contributed by atoms with E-state index in [-0.39, 0.29) is 0 Å². The summed E-state index contributed by atoms with van der Waals surface area (Å²) in [5, 5.41) is 7.97. The molecule has 2 heterocycles. The van der Waals surface area contributed by atoms with E-state index in [0.29, 0.717) is 17.9 Å². The van der Waals surface area contributed by atoms with Gasteiger partial charge >= 0.3 is 0 Å². The Hall–Kier alpha value is -1.75. The molecule has 3 rings (SSSR count). The number of benzene rings is 1. The molecule has 1 fully saturated rings. The van der Waals surface area contributed by atoms with E-state index >= 15 is 0 Å². The van der Waals surface area contributed by atoms with Crippen LogP contribution >= 0.6 is 0 Å². The third kappa shape index (κ3) is 3.19. The van der Waals surface area contributed by atoms with Crippen LogP contribution in [-0.2, 0) is 13.0 Å². The van der Waals surface area contributed by atoms with Crippen molar-refractivity contribution < 1.29 is 8.78 Å². The summed E-state index contributed by atoms with van der Waals surface area (Å²) in [7, 11) is 0. The maximum atomic E-state index is 13.8. The lowest BCUT2D eigenvalue weighted by Gasteiger charge is -2.23. The molecule has 1 aliphatic heterocycles. The van der Waals surface area contributed by atoms with Crippen molar-refractivity contribution in [1.29, 1.82) is 0 Å². The topological polar surface area (TPSA) is 29.9 Å². The van der Waals surface area contributed by atoms with Crippen LogP contribution in [0, 0.1) is 11.6 Å². The smallest absolute Gasteiger partial charge is 0.129 e. The Morgan fingerprint density at radius 1 is 1.23 bits per heavy atom. The van der Waals surface area contributed by atoms with Gasteiger partial charge in [0.05, 0.1) is 5.69 Å². The van der Waals surface area contributed by atoms with Gasteiger partial charge in [0.2, 0.25) is 0 Å². The van der Waals surface area contributed by atoms with Crippen molar-refractivity contribution in [2.45, 2.75) is 38.6 Å². The molecule has 2 aromatic rings. The van der Waals surface area contributed by atoms with Gasteiger partial charge in [-0.1, -0.05) is 6.07 Å². The molecule has 0 bridgehead atoms. The highest BCUT2D eigenvalue weighted by Gasteiger charge is 2.20. The lowest BCUT2D eigenvalue weighted by molar-refractivity contribution is 0.432. The number of piperidine rings is 1. The summed E-state index contributed by atoms with van der Waals surface area (Å²) < 4.78 is 28.8. The van der Waals surface area contributed by atoms with Gasteiger partial charge in [0, 0.05) is 30.6 Å². The molecule has 0 amide bonds. The van der Waals surface area contributed by atoms with Crippen LogP contribution in [0.25, 0.3) is 0 Å². The molecule has 0 unspecified atom stereocenters. The quantitative estimate of drug-likeness (QED) is 0.940. The standard InChI is InChI=1S/C17H21F2N3/c1-2-22-17(12-5-7-20-8-6-12)11-15(21-22)9-13-3-4-14(18)10-16(13)19/h3-4,10-12,20H,2,5-9H2,1H3. The van der Waals surface area contributed by atoms with E-state index in [4.69, 9.17) is 0 Å². The third-order valence-electron chi connectivity index (χ3n) is 4.31. The van der Waals surface area contributed by atoms with Crippen molar-refractivity contribution in [3.8, 4) is 0 Å². The Balaban J connectivity index is 1.83. The van der Waals surface area contributed by atoms with E-state index in [1.807, 2.05) is 4.68 Å². The van der Waals surface area contributed by atoms with E-state index in [1.54, 1.807) is 0 Å². The zero-order chi connectivity index (χ0) is 15.5. The molecule has 1 aliphatic rings. The number of aryl methyl sites for hydroxylation is 1. The molecule has 1 aromatic carbocycles. The molecule has 0 radical (unpaired) electrons. The van der Waals surface area contributed by atoms with Gasteiger partial charge in [-0.15, -0.1) is 0 Å². The molecular weight excluding hydrogens is 284 g/mol. The van der Waals surface area contributed by atoms with Gasteiger partial charge in [0.25, 0.3) is 0 Å². The van der Waals surface area contributed by atoms with Crippen molar-refractivity contribution in [3.05, 3.63) is 52.9 Å². The maximum absolute atomic E-state index is 13.8. The Morgan fingerprint density at radius 2 is 2.00 bits per heavy atom. The van der Waals surface area contributed by atoms with E-state index < -0.39 is 11.6 Å². The number of nitrogens with zero attached hydrogens (tertiary/aromatic N) is 2. The lowest BCUT2D eigenvalue weighted by atomic mass is 9.94. The predicted octanol–water partition coefficient (Wildman–Crippen LogP) is 3.24. The first-order valence-corrected chi connectivity index (χ1v) is 7.88. The molecular formula is C17H21F2N3. The number of halogens is 2. The van der Waals surface area contributed by atoms with Crippen LogP contribution in [0.2, 0.25) is 0 Å². The molecule has 3 nitrogen and oxygen atoms in total. The number of nitrogens with one attached hydrogen (secondary N) is 1. The van der Waals surface area contributed by atoms with Gasteiger partial charge in [0.15, 0.2) is 0 Å². The maximum Gasteiger partial charge on any atom is 0.129 e. The molecule has 5 heteroatoms. The lowest BCUT2D eigenvalue weighted by Crippen LogP contribution is -2.27. The first-order chi connectivity index (χ1) is 10.7. The molecule has 1 aromatic heterocycles. The first kappa shape index (κ1) is 15.2. The second-order valence-electron chi connectivity index (χ2n) is 5.81. The van der Waals surface area contributed by atoms with Gasteiger partial charge in [-0.3, -0.25) is 4.68 Å². The van der Waals surface area contributed by atoms with Gasteiger partial charge in [-0.2, -0.15) is 5.10 Å². The minimum absolute atomic E-state index is 0.400. The third-order valence-corrected chi connectivity index (χ3v) is 4.31. The first-order valence-electron chi connectivity index (χ1n) is 7.88. The number of aromatic nitrogens is 2. The predicted molar refractivity (Wildman–Crippen MR) is 81.9 cm³/mol. The summed E-state index contributed by atoms with van der Waals surface area (Å²) >= 11 is 0. The van der Waals surface area contributed by atoms with Gasteiger partial charge in [0.1, 0.15) is 11.6 Å². The molecule has 0 spiro atoms. The second kappa shape index (κ2) is 6.57. The molecule has 22 heavy (non-hydrogen) atoms. The van der Waals surface area contributed by atoms with Crippen LogP contribution < -0.4 is 5.32 Å². The zero-order valence-corrected chi connectivity index (χ0v) is 12.8. The van der Waals surface area contributed by atoms with Gasteiger partial charge < -0.3 is 5.32 Å². The van der Waals surface area contributed by atoms with Crippen LogP contribution in [0.1, 0.15) is 42.6 Å². The Morgan fingerprint density at radius 3 is 2.68 bits per heavy atom. The molecule has 118 valence electrons. The SMILES string of the molecule is CCn1nc(Cc2ccc(F)cc2F)cc1C1CCNCC1. The zero-order valence-electron chi connectivity index (χ0n) is 12.8. The highest BCUT2D eigenvalue weighted by atomic mass is 19.1. The monoisotopic (exact) mass is 305 g/mol. The highest BCUT2D eigenvalue weighted by Crippen LogP contribution is 2.27. The van der Waals surface area contributed by atoms with Crippen molar-refractivity contribution in [2.24, 2.45) is 0 Å². The Labute approximate surface area is 129 Å². The summed E-state index contributed by atoms with van der Waals surface area (Å²) in [6, 6.07) is 5.81. The number of hydrogen-bond acceptors (Lipinski definition) is 2. The molecule has 1 saturated heterocycles. The van der Waals surface area contributed by atoms with Gasteiger partial charge in [-0.25, -0.2) is 8.78 Å². The fourth-order valence-electron chi connectivity index (χ4n) is 3.13. The van der Waals surface area contributed by atoms with Crippen LogP contribution in [0.5, 0.6) is 0 Å². The van der Waals surface area contributed by atoms with E-state index in [9.17, 15) is 8.78 Å². The Bertz CT molecular complexity index is 645. The van der Waals surface area contributed by atoms with E-state index in [2.05, 4.69) is 23.4 Å². The van der Waals surface area contributed by atoms with Crippen molar-refractivity contribution in [3.63, 3.8) is 0 Å². The van der Waals surface area contributed by atoms with Crippen LogP contribution in [0.4, 0.5) is 8.78 Å². The average molecular weight is 305 g/mol. The average Bonchev–Trinajstić information content (AvgIpc) is 2.94. The van der Waals surface area contributed by atoms with Crippen molar-refractivity contribution in [1.82, 2.24) is 15.1 Å². The van der Waals surface area contributed by atoms with Gasteiger partial charge in [-0.05, 0) is 50.6 Å². The van der Waals surface area contributed by atoms with E-state index in [0.717, 1.165) is 44.2 Å². The van der Waals surface area contributed by atoms with Crippen molar-refractivity contribution >= 4 is 0 Å². The normalized spacial score (nSPS) is 16.1. The minimum Gasteiger partial charge on any atom is -0.317 e. The molecule has 0 atom stereocenters. The largest absolute Gasteiger partial charge is 0.317 e.